The summed E-state index contributed by atoms with van der Waals surface area (Å²) in [7, 11) is 0. The first-order valence-electron chi connectivity index (χ1n) is 8.20. The fourth-order valence-corrected chi connectivity index (χ4v) is 2.76. The minimum atomic E-state index is -0.171. The molecule has 1 heterocycles. The maximum atomic E-state index is 12.2. The van der Waals surface area contributed by atoms with Crippen molar-refractivity contribution < 1.29 is 9.21 Å². The van der Waals surface area contributed by atoms with Crippen molar-refractivity contribution in [1.29, 1.82) is 0 Å². The topological polar surface area (TPSA) is 59.3 Å². The lowest BCUT2D eigenvalue weighted by molar-refractivity contribution is 0.102. The van der Waals surface area contributed by atoms with Crippen molar-refractivity contribution in [3.8, 4) is 11.3 Å². The molecule has 0 radical (unpaired) electrons. The van der Waals surface area contributed by atoms with Crippen molar-refractivity contribution in [3.63, 3.8) is 0 Å². The number of hydrogen-bond acceptors (Lipinski definition) is 3. The van der Waals surface area contributed by atoms with Gasteiger partial charge in [-0.05, 0) is 48.5 Å². The Morgan fingerprint density at radius 2 is 1.50 bits per heavy atom. The predicted octanol–water partition coefficient (Wildman–Crippen LogP) is 4.71. The van der Waals surface area contributed by atoms with E-state index in [-0.39, 0.29) is 11.3 Å². The fourth-order valence-electron chi connectivity index (χ4n) is 2.76. The van der Waals surface area contributed by atoms with Crippen molar-refractivity contribution in [2.75, 3.05) is 5.32 Å². The Morgan fingerprint density at radius 3 is 2.27 bits per heavy atom. The van der Waals surface area contributed by atoms with E-state index in [9.17, 15) is 9.59 Å². The zero-order valence-electron chi connectivity index (χ0n) is 13.8. The number of carbonyl (C=O) groups excluding carboxylic acids is 1. The van der Waals surface area contributed by atoms with Crippen molar-refractivity contribution >= 4 is 22.6 Å². The molecule has 1 aromatic heterocycles. The maximum Gasteiger partial charge on any atom is 0.255 e. The molecule has 126 valence electrons. The number of rotatable bonds is 3. The van der Waals surface area contributed by atoms with Gasteiger partial charge in [-0.15, -0.1) is 0 Å². The highest BCUT2D eigenvalue weighted by atomic mass is 16.3. The van der Waals surface area contributed by atoms with E-state index in [1.165, 1.54) is 6.07 Å². The summed E-state index contributed by atoms with van der Waals surface area (Å²) in [6.07, 6.45) is 0. The highest BCUT2D eigenvalue weighted by Crippen LogP contribution is 2.23. The lowest BCUT2D eigenvalue weighted by Crippen LogP contribution is -2.11. The van der Waals surface area contributed by atoms with Gasteiger partial charge in [0, 0.05) is 22.9 Å². The lowest BCUT2D eigenvalue weighted by atomic mass is 10.1. The summed E-state index contributed by atoms with van der Waals surface area (Å²) < 4.78 is 5.83. The number of hydrogen-bond donors (Lipinski definition) is 1. The molecule has 3 aromatic carbocycles. The molecule has 26 heavy (non-hydrogen) atoms. The smallest absolute Gasteiger partial charge is 0.255 e. The van der Waals surface area contributed by atoms with Crippen molar-refractivity contribution in [3.05, 3.63) is 101 Å². The van der Waals surface area contributed by atoms with Crippen LogP contribution in [-0.2, 0) is 0 Å². The zero-order chi connectivity index (χ0) is 17.9. The average molecular weight is 341 g/mol. The summed E-state index contributed by atoms with van der Waals surface area (Å²) in [5, 5.41) is 3.40. The van der Waals surface area contributed by atoms with Crippen LogP contribution in [0.2, 0.25) is 0 Å². The van der Waals surface area contributed by atoms with Crippen molar-refractivity contribution in [2.24, 2.45) is 0 Å². The van der Waals surface area contributed by atoms with E-state index >= 15 is 0 Å². The summed E-state index contributed by atoms with van der Waals surface area (Å²) in [5.41, 5.74) is 2.51. The van der Waals surface area contributed by atoms with Crippen LogP contribution in [0.1, 0.15) is 10.4 Å². The van der Waals surface area contributed by atoms with Crippen LogP contribution in [0.3, 0.4) is 0 Å². The molecule has 0 saturated carbocycles. The van der Waals surface area contributed by atoms with E-state index in [4.69, 9.17) is 4.42 Å². The second-order valence-corrected chi connectivity index (χ2v) is 5.87. The molecule has 0 aliphatic rings. The highest BCUT2D eigenvalue weighted by Gasteiger charge is 2.08. The Hall–Kier alpha value is -3.66. The molecule has 1 N–H and O–H groups in total. The van der Waals surface area contributed by atoms with E-state index in [2.05, 4.69) is 5.32 Å². The largest absolute Gasteiger partial charge is 0.456 e. The molecule has 1 amide bonds. The molecule has 0 saturated heterocycles. The standard InChI is InChI=1S/C22H15NO3/c24-19-14-21(26-20-9-5-4-8-18(19)20)15-10-12-17(13-11-15)23-22(25)16-6-2-1-3-7-16/h1-14H,(H,23,25). The van der Waals surface area contributed by atoms with E-state index in [0.717, 1.165) is 5.56 Å². The van der Waals surface area contributed by atoms with Gasteiger partial charge in [0.1, 0.15) is 11.3 Å². The van der Waals surface area contributed by atoms with Crippen LogP contribution in [0.4, 0.5) is 5.69 Å². The number of anilines is 1. The number of fused-ring (bicyclic) bond motifs is 1. The average Bonchev–Trinajstić information content (AvgIpc) is 2.69. The fraction of sp³-hybridized carbons (Fsp3) is 0. The van der Waals surface area contributed by atoms with Crippen LogP contribution in [0.5, 0.6) is 0 Å². The third-order valence-electron chi connectivity index (χ3n) is 4.10. The Kier molecular flexibility index (Phi) is 4.07. The Labute approximate surface area is 149 Å². The van der Waals surface area contributed by atoms with Gasteiger partial charge in [0.05, 0.1) is 5.39 Å². The SMILES string of the molecule is O=C(Nc1ccc(-c2cc(=O)c3ccccc3o2)cc1)c1ccccc1. The first kappa shape index (κ1) is 15.8. The summed E-state index contributed by atoms with van der Waals surface area (Å²) in [4.78, 5) is 24.4. The minimum Gasteiger partial charge on any atom is -0.456 e. The normalized spacial score (nSPS) is 10.6. The molecular weight excluding hydrogens is 326 g/mol. The number of carbonyl (C=O) groups is 1. The first-order chi connectivity index (χ1) is 12.7. The van der Waals surface area contributed by atoms with Crippen LogP contribution in [0.25, 0.3) is 22.3 Å². The van der Waals surface area contributed by atoms with Gasteiger partial charge in [-0.25, -0.2) is 0 Å². The lowest BCUT2D eigenvalue weighted by Gasteiger charge is -2.07. The molecule has 0 fully saturated rings. The van der Waals surface area contributed by atoms with E-state index < -0.39 is 0 Å². The summed E-state index contributed by atoms with van der Waals surface area (Å²) >= 11 is 0. The summed E-state index contributed by atoms with van der Waals surface area (Å²) in [6, 6.07) is 24.9. The molecule has 0 spiro atoms. The molecule has 0 aliphatic carbocycles. The zero-order valence-corrected chi connectivity index (χ0v) is 13.8. The molecular formula is C22H15NO3. The molecule has 0 aliphatic heterocycles. The van der Waals surface area contributed by atoms with E-state index in [1.807, 2.05) is 42.5 Å². The van der Waals surface area contributed by atoms with Crippen LogP contribution < -0.4 is 10.7 Å². The number of para-hydroxylation sites is 1. The van der Waals surface area contributed by atoms with Crippen LogP contribution in [-0.4, -0.2) is 5.91 Å². The minimum absolute atomic E-state index is 0.0803. The van der Waals surface area contributed by atoms with E-state index in [1.54, 1.807) is 36.4 Å². The predicted molar refractivity (Wildman–Crippen MR) is 102 cm³/mol. The monoisotopic (exact) mass is 341 g/mol. The third kappa shape index (κ3) is 3.13. The van der Waals surface area contributed by atoms with Gasteiger partial charge in [0.15, 0.2) is 5.43 Å². The van der Waals surface area contributed by atoms with Crippen LogP contribution >= 0.6 is 0 Å². The Balaban J connectivity index is 1.60. The summed E-state index contributed by atoms with van der Waals surface area (Å²) in [6.45, 7) is 0. The third-order valence-corrected chi connectivity index (χ3v) is 4.10. The van der Waals surface area contributed by atoms with Crippen molar-refractivity contribution in [1.82, 2.24) is 0 Å². The molecule has 4 nitrogen and oxygen atoms in total. The van der Waals surface area contributed by atoms with Gasteiger partial charge in [-0.1, -0.05) is 30.3 Å². The molecule has 4 rings (SSSR count). The maximum absolute atomic E-state index is 12.2. The highest BCUT2D eigenvalue weighted by molar-refractivity contribution is 6.04. The van der Waals surface area contributed by atoms with Crippen molar-refractivity contribution in [2.45, 2.75) is 0 Å². The molecule has 0 unspecified atom stereocenters. The quantitative estimate of drug-likeness (QED) is 0.587. The van der Waals surface area contributed by atoms with E-state index in [0.29, 0.717) is 28.0 Å². The Morgan fingerprint density at radius 1 is 0.808 bits per heavy atom. The number of benzene rings is 3. The first-order valence-corrected chi connectivity index (χ1v) is 8.20. The van der Waals surface area contributed by atoms with Crippen LogP contribution in [0.15, 0.2) is 94.1 Å². The second-order valence-electron chi connectivity index (χ2n) is 5.87. The molecule has 0 bridgehead atoms. The molecule has 4 heteroatoms. The second kappa shape index (κ2) is 6.69. The number of amides is 1. The van der Waals surface area contributed by atoms with Gasteiger partial charge in [0.2, 0.25) is 0 Å². The van der Waals surface area contributed by atoms with Gasteiger partial charge in [0.25, 0.3) is 5.91 Å². The summed E-state index contributed by atoms with van der Waals surface area (Å²) in [5.74, 6) is 0.324. The van der Waals surface area contributed by atoms with Crippen LogP contribution in [0, 0.1) is 0 Å². The van der Waals surface area contributed by atoms with Gasteiger partial charge in [-0.2, -0.15) is 0 Å². The van der Waals surface area contributed by atoms with Gasteiger partial charge in [-0.3, -0.25) is 9.59 Å². The van der Waals surface area contributed by atoms with Gasteiger partial charge >= 0.3 is 0 Å². The molecule has 0 atom stereocenters. The molecule has 4 aromatic rings. The Bertz CT molecular complexity index is 1130. The van der Waals surface area contributed by atoms with Gasteiger partial charge < -0.3 is 9.73 Å². The number of nitrogens with one attached hydrogen (secondary N) is 1.